The molecule has 0 atom stereocenters. The molecule has 0 fully saturated rings. The first-order valence-electron chi connectivity index (χ1n) is 6.10. The molecule has 1 aromatic carbocycles. The average Bonchev–Trinajstić information content (AvgIpc) is 2.36. The number of halogens is 1. The maximum Gasteiger partial charge on any atom is 0.0723 e. The molecule has 96 valence electrons. The first-order chi connectivity index (χ1) is 8.68. The van der Waals surface area contributed by atoms with Gasteiger partial charge in [0.05, 0.1) is 15.7 Å². The quantitative estimate of drug-likeness (QED) is 0.859. The summed E-state index contributed by atoms with van der Waals surface area (Å²) in [4.78, 5) is 6.60. The van der Waals surface area contributed by atoms with Crippen molar-refractivity contribution in [2.75, 3.05) is 32.5 Å². The Kier molecular flexibility index (Phi) is 4.55. The molecule has 2 rings (SSSR count). The van der Waals surface area contributed by atoms with Crippen LogP contribution < -0.4 is 5.32 Å². The molecule has 2 aromatic rings. The van der Waals surface area contributed by atoms with Gasteiger partial charge in [0, 0.05) is 18.1 Å². The molecule has 0 radical (unpaired) electrons. The summed E-state index contributed by atoms with van der Waals surface area (Å²) >= 11 is 3.56. The molecule has 0 saturated carbocycles. The van der Waals surface area contributed by atoms with Crippen LogP contribution in [0.3, 0.4) is 0 Å². The van der Waals surface area contributed by atoms with E-state index in [4.69, 9.17) is 0 Å². The predicted molar refractivity (Wildman–Crippen MR) is 81.1 cm³/mol. The lowest BCUT2D eigenvalue weighted by atomic mass is 10.2. The summed E-state index contributed by atoms with van der Waals surface area (Å²) in [6.45, 7) is 2.05. The van der Waals surface area contributed by atoms with E-state index in [1.807, 2.05) is 24.4 Å². The van der Waals surface area contributed by atoms with Gasteiger partial charge in [0.15, 0.2) is 0 Å². The van der Waals surface area contributed by atoms with E-state index in [1.165, 1.54) is 0 Å². The van der Waals surface area contributed by atoms with Gasteiger partial charge in [-0.25, -0.2) is 0 Å². The second-order valence-electron chi connectivity index (χ2n) is 4.58. The van der Waals surface area contributed by atoms with Gasteiger partial charge >= 0.3 is 0 Å². The highest BCUT2D eigenvalue weighted by Crippen LogP contribution is 2.29. The number of pyridine rings is 1. The third-order valence-electron chi connectivity index (χ3n) is 2.81. The monoisotopic (exact) mass is 307 g/mol. The van der Waals surface area contributed by atoms with E-state index in [9.17, 15) is 0 Å². The van der Waals surface area contributed by atoms with Crippen molar-refractivity contribution >= 4 is 32.5 Å². The summed E-state index contributed by atoms with van der Waals surface area (Å²) in [5, 5.41) is 4.66. The fraction of sp³-hybridized carbons (Fsp3) is 0.357. The molecule has 4 heteroatoms. The van der Waals surface area contributed by atoms with E-state index in [-0.39, 0.29) is 0 Å². The van der Waals surface area contributed by atoms with Crippen LogP contribution in [0, 0.1) is 0 Å². The fourth-order valence-electron chi connectivity index (χ4n) is 1.91. The summed E-state index contributed by atoms with van der Waals surface area (Å²) in [7, 11) is 4.19. The Balaban J connectivity index is 2.14. The van der Waals surface area contributed by atoms with Gasteiger partial charge < -0.3 is 10.2 Å². The normalized spacial score (nSPS) is 11.1. The van der Waals surface area contributed by atoms with Crippen molar-refractivity contribution in [1.82, 2.24) is 9.88 Å². The molecule has 0 aliphatic rings. The van der Waals surface area contributed by atoms with Crippen LogP contribution in [0.4, 0.5) is 5.69 Å². The van der Waals surface area contributed by atoms with Gasteiger partial charge in [-0.15, -0.1) is 0 Å². The predicted octanol–water partition coefficient (Wildman–Crippen LogP) is 3.36. The van der Waals surface area contributed by atoms with Crippen molar-refractivity contribution in [3.05, 3.63) is 34.9 Å². The number of hydrogen-bond donors (Lipinski definition) is 1. The Hall–Kier alpha value is -1.13. The molecule has 0 unspecified atom stereocenters. The van der Waals surface area contributed by atoms with Gasteiger partial charge in [-0.1, -0.05) is 18.2 Å². The minimum Gasteiger partial charge on any atom is -0.383 e. The highest BCUT2D eigenvalue weighted by molar-refractivity contribution is 9.10. The van der Waals surface area contributed by atoms with Crippen LogP contribution in [-0.2, 0) is 0 Å². The minimum absolute atomic E-state index is 0.963. The number of benzene rings is 1. The Bertz CT molecular complexity index is 525. The summed E-state index contributed by atoms with van der Waals surface area (Å²) < 4.78 is 1.02. The van der Waals surface area contributed by atoms with E-state index in [0.717, 1.165) is 40.6 Å². The third-order valence-corrected chi connectivity index (χ3v) is 3.41. The van der Waals surface area contributed by atoms with E-state index in [1.54, 1.807) is 0 Å². The molecule has 0 aliphatic carbocycles. The van der Waals surface area contributed by atoms with E-state index >= 15 is 0 Å². The summed E-state index contributed by atoms with van der Waals surface area (Å²) in [6, 6.07) is 8.19. The molecule has 0 saturated heterocycles. The van der Waals surface area contributed by atoms with Gasteiger partial charge in [-0.05, 0) is 49.1 Å². The van der Waals surface area contributed by atoms with Gasteiger partial charge in [0.1, 0.15) is 0 Å². The van der Waals surface area contributed by atoms with Crippen molar-refractivity contribution < 1.29 is 0 Å². The van der Waals surface area contributed by atoms with Crippen molar-refractivity contribution in [2.24, 2.45) is 0 Å². The smallest absolute Gasteiger partial charge is 0.0723 e. The number of anilines is 1. The SMILES string of the molecule is CN(C)CCCNc1c(Br)cnc2ccccc12. The summed E-state index contributed by atoms with van der Waals surface area (Å²) in [6.07, 6.45) is 2.98. The Morgan fingerprint density at radius 3 is 2.83 bits per heavy atom. The maximum atomic E-state index is 4.40. The van der Waals surface area contributed by atoms with E-state index in [2.05, 4.69) is 51.3 Å². The number of aromatic nitrogens is 1. The van der Waals surface area contributed by atoms with Crippen LogP contribution in [0.15, 0.2) is 34.9 Å². The number of rotatable bonds is 5. The fourth-order valence-corrected chi connectivity index (χ4v) is 2.36. The molecule has 0 aliphatic heterocycles. The van der Waals surface area contributed by atoms with Gasteiger partial charge in [-0.2, -0.15) is 0 Å². The Morgan fingerprint density at radius 1 is 1.28 bits per heavy atom. The van der Waals surface area contributed by atoms with Crippen LogP contribution in [0.1, 0.15) is 6.42 Å². The highest BCUT2D eigenvalue weighted by Gasteiger charge is 2.05. The highest BCUT2D eigenvalue weighted by atomic mass is 79.9. The van der Waals surface area contributed by atoms with Crippen molar-refractivity contribution in [1.29, 1.82) is 0 Å². The molecular weight excluding hydrogens is 290 g/mol. The van der Waals surface area contributed by atoms with Crippen LogP contribution in [0.25, 0.3) is 10.9 Å². The maximum absolute atomic E-state index is 4.40. The number of fused-ring (bicyclic) bond motifs is 1. The molecule has 1 N–H and O–H groups in total. The molecule has 0 spiro atoms. The second kappa shape index (κ2) is 6.16. The lowest BCUT2D eigenvalue weighted by molar-refractivity contribution is 0.405. The van der Waals surface area contributed by atoms with Gasteiger partial charge in [-0.3, -0.25) is 4.98 Å². The first kappa shape index (κ1) is 13.3. The van der Waals surface area contributed by atoms with Crippen LogP contribution in [-0.4, -0.2) is 37.1 Å². The van der Waals surface area contributed by atoms with Gasteiger partial charge in [0.25, 0.3) is 0 Å². The summed E-state index contributed by atoms with van der Waals surface area (Å²) in [5.41, 5.74) is 2.16. The number of nitrogens with zero attached hydrogens (tertiary/aromatic N) is 2. The largest absolute Gasteiger partial charge is 0.383 e. The third kappa shape index (κ3) is 3.21. The zero-order valence-electron chi connectivity index (χ0n) is 10.8. The van der Waals surface area contributed by atoms with Crippen LogP contribution >= 0.6 is 15.9 Å². The zero-order chi connectivity index (χ0) is 13.0. The van der Waals surface area contributed by atoms with E-state index in [0.29, 0.717) is 0 Å². The average molecular weight is 308 g/mol. The minimum atomic E-state index is 0.963. The number of hydrogen-bond acceptors (Lipinski definition) is 3. The van der Waals surface area contributed by atoms with Crippen molar-refractivity contribution in [3.8, 4) is 0 Å². The molecule has 1 heterocycles. The molecule has 0 bridgehead atoms. The summed E-state index contributed by atoms with van der Waals surface area (Å²) in [5.74, 6) is 0. The molecule has 0 amide bonds. The van der Waals surface area contributed by atoms with E-state index < -0.39 is 0 Å². The molecule has 1 aromatic heterocycles. The lowest BCUT2D eigenvalue weighted by Gasteiger charge is -2.13. The number of para-hydroxylation sites is 1. The topological polar surface area (TPSA) is 28.2 Å². The first-order valence-corrected chi connectivity index (χ1v) is 6.89. The number of nitrogens with one attached hydrogen (secondary N) is 1. The lowest BCUT2D eigenvalue weighted by Crippen LogP contribution is -2.16. The zero-order valence-corrected chi connectivity index (χ0v) is 12.4. The molecule has 3 nitrogen and oxygen atoms in total. The molecular formula is C14H18BrN3. The van der Waals surface area contributed by atoms with Gasteiger partial charge in [0.2, 0.25) is 0 Å². The van der Waals surface area contributed by atoms with Crippen LogP contribution in [0.5, 0.6) is 0 Å². The second-order valence-corrected chi connectivity index (χ2v) is 5.44. The Labute approximate surface area is 116 Å². The standard InChI is InChI=1S/C14H18BrN3/c1-18(2)9-5-8-16-14-11-6-3-4-7-13(11)17-10-12(14)15/h3-4,6-7,10H,5,8-9H2,1-2H3,(H,16,17). The van der Waals surface area contributed by atoms with Crippen molar-refractivity contribution in [3.63, 3.8) is 0 Å². The Morgan fingerprint density at radius 2 is 2.06 bits per heavy atom. The molecule has 18 heavy (non-hydrogen) atoms. The van der Waals surface area contributed by atoms with Crippen LogP contribution in [0.2, 0.25) is 0 Å². The van der Waals surface area contributed by atoms with Crippen molar-refractivity contribution in [2.45, 2.75) is 6.42 Å².